The number of carbonyl (C=O) groups excluding carboxylic acids is 1. The minimum Gasteiger partial charge on any atom is -0.487 e. The molecule has 0 spiro atoms. The SMILES string of the molecule is C=CCc1cc(/C=N/NC(=O)c2ccc(-n3c(C)ccc3-c3ccccc3)cc2)cc(Br)c1OCc1ccc(F)cc1. The van der Waals surface area contributed by atoms with Gasteiger partial charge in [0.25, 0.3) is 5.91 Å². The zero-order chi connectivity index (χ0) is 29.5. The predicted molar refractivity (Wildman–Crippen MR) is 170 cm³/mol. The van der Waals surface area contributed by atoms with Crippen LogP contribution in [-0.2, 0) is 13.0 Å². The molecule has 0 aliphatic carbocycles. The van der Waals surface area contributed by atoms with Gasteiger partial charge in [0.15, 0.2) is 0 Å². The molecule has 7 heteroatoms. The highest BCUT2D eigenvalue weighted by atomic mass is 79.9. The van der Waals surface area contributed by atoms with E-state index in [1.807, 2.05) is 42.5 Å². The number of hydrogen-bond acceptors (Lipinski definition) is 3. The summed E-state index contributed by atoms with van der Waals surface area (Å²) in [5.74, 6) is 0.0771. The van der Waals surface area contributed by atoms with E-state index in [0.29, 0.717) is 24.3 Å². The quantitative estimate of drug-likeness (QED) is 0.0966. The summed E-state index contributed by atoms with van der Waals surface area (Å²) in [4.78, 5) is 12.8. The molecule has 0 bridgehead atoms. The lowest BCUT2D eigenvalue weighted by molar-refractivity contribution is 0.0955. The van der Waals surface area contributed by atoms with Gasteiger partial charge < -0.3 is 9.30 Å². The molecular formula is C35H29BrFN3O2. The van der Waals surface area contributed by atoms with Gasteiger partial charge in [-0.05, 0) is 112 Å². The Balaban J connectivity index is 1.26. The summed E-state index contributed by atoms with van der Waals surface area (Å²) in [5.41, 5.74) is 9.93. The van der Waals surface area contributed by atoms with Crippen LogP contribution in [0.2, 0.25) is 0 Å². The van der Waals surface area contributed by atoms with E-state index >= 15 is 0 Å². The summed E-state index contributed by atoms with van der Waals surface area (Å²) in [6.07, 6.45) is 3.95. The number of ether oxygens (including phenoxy) is 1. The minimum atomic E-state index is -0.310. The summed E-state index contributed by atoms with van der Waals surface area (Å²) < 4.78 is 22.2. The van der Waals surface area contributed by atoms with Crippen LogP contribution in [0.25, 0.3) is 16.9 Å². The maximum atomic E-state index is 13.2. The van der Waals surface area contributed by atoms with Crippen molar-refractivity contribution in [3.63, 3.8) is 0 Å². The zero-order valence-electron chi connectivity index (χ0n) is 23.1. The van der Waals surface area contributed by atoms with Crippen LogP contribution < -0.4 is 10.2 Å². The van der Waals surface area contributed by atoms with Gasteiger partial charge in [-0.3, -0.25) is 4.79 Å². The Kier molecular flexibility index (Phi) is 9.09. The van der Waals surface area contributed by atoms with E-state index in [4.69, 9.17) is 4.74 Å². The van der Waals surface area contributed by atoms with Crippen LogP contribution in [-0.4, -0.2) is 16.7 Å². The molecule has 5 rings (SSSR count). The number of halogens is 2. The monoisotopic (exact) mass is 621 g/mol. The lowest BCUT2D eigenvalue weighted by Gasteiger charge is -2.14. The van der Waals surface area contributed by atoms with Crippen LogP contribution in [0.5, 0.6) is 5.75 Å². The standard InChI is InChI=1S/C35H29BrFN3O2/c1-3-7-29-20-26(21-32(36)34(29)42-23-25-11-15-30(37)16-12-25)22-38-39-35(41)28-13-17-31(18-14-28)40-24(2)10-19-33(40)27-8-5-4-6-9-27/h3-6,8-22H,1,7,23H2,2H3,(H,39,41)/b38-22+. The molecule has 0 aliphatic heterocycles. The maximum Gasteiger partial charge on any atom is 0.271 e. The zero-order valence-corrected chi connectivity index (χ0v) is 24.6. The van der Waals surface area contributed by atoms with Crippen LogP contribution >= 0.6 is 15.9 Å². The fourth-order valence-corrected chi connectivity index (χ4v) is 5.29. The molecule has 0 unspecified atom stereocenters. The average molecular weight is 623 g/mol. The van der Waals surface area contributed by atoms with Crippen molar-refractivity contribution in [3.8, 4) is 22.7 Å². The van der Waals surface area contributed by atoms with Crippen molar-refractivity contribution in [1.82, 2.24) is 9.99 Å². The van der Waals surface area contributed by atoms with Gasteiger partial charge in [-0.1, -0.05) is 48.5 Å². The maximum absolute atomic E-state index is 13.2. The molecule has 42 heavy (non-hydrogen) atoms. The Morgan fingerprint density at radius 1 is 1.00 bits per heavy atom. The Labute approximate surface area is 253 Å². The van der Waals surface area contributed by atoms with Crippen LogP contribution in [0.15, 0.2) is 125 Å². The molecule has 0 atom stereocenters. The van der Waals surface area contributed by atoms with Gasteiger partial charge in [0.1, 0.15) is 18.2 Å². The van der Waals surface area contributed by atoms with E-state index in [1.54, 1.807) is 36.6 Å². The first-order valence-corrected chi connectivity index (χ1v) is 14.2. The first-order chi connectivity index (χ1) is 20.4. The number of nitrogens with zero attached hydrogens (tertiary/aromatic N) is 2. The molecule has 1 heterocycles. The van der Waals surface area contributed by atoms with Gasteiger partial charge >= 0.3 is 0 Å². The second kappa shape index (κ2) is 13.3. The number of allylic oxidation sites excluding steroid dienone is 1. The molecule has 5 nitrogen and oxygen atoms in total. The highest BCUT2D eigenvalue weighted by Crippen LogP contribution is 2.32. The van der Waals surface area contributed by atoms with Crippen molar-refractivity contribution in [2.75, 3.05) is 0 Å². The van der Waals surface area contributed by atoms with E-state index in [2.05, 4.69) is 68.8 Å². The van der Waals surface area contributed by atoms with Crippen LogP contribution in [0.3, 0.4) is 0 Å². The van der Waals surface area contributed by atoms with Gasteiger partial charge in [-0.15, -0.1) is 6.58 Å². The van der Waals surface area contributed by atoms with Gasteiger partial charge in [0.2, 0.25) is 0 Å². The number of hydrogen-bond donors (Lipinski definition) is 1. The average Bonchev–Trinajstić information content (AvgIpc) is 3.39. The van der Waals surface area contributed by atoms with E-state index in [-0.39, 0.29) is 11.7 Å². The number of aromatic nitrogens is 1. The third-order valence-corrected chi connectivity index (χ3v) is 7.31. The fraction of sp³-hybridized carbons (Fsp3) is 0.0857. The molecule has 0 saturated heterocycles. The third-order valence-electron chi connectivity index (χ3n) is 6.72. The van der Waals surface area contributed by atoms with E-state index < -0.39 is 0 Å². The molecule has 1 aromatic heterocycles. The summed E-state index contributed by atoms with van der Waals surface area (Å²) in [6.45, 7) is 6.20. The van der Waals surface area contributed by atoms with Crippen molar-refractivity contribution in [2.24, 2.45) is 5.10 Å². The van der Waals surface area contributed by atoms with Crippen molar-refractivity contribution in [3.05, 3.63) is 154 Å². The summed E-state index contributed by atoms with van der Waals surface area (Å²) in [5, 5.41) is 4.18. The van der Waals surface area contributed by atoms with Crippen molar-refractivity contribution >= 4 is 28.1 Å². The van der Waals surface area contributed by atoms with Gasteiger partial charge in [0.05, 0.1) is 16.4 Å². The third kappa shape index (κ3) is 6.75. The lowest BCUT2D eigenvalue weighted by atomic mass is 10.1. The summed E-state index contributed by atoms with van der Waals surface area (Å²) >= 11 is 3.59. The lowest BCUT2D eigenvalue weighted by Crippen LogP contribution is -2.17. The molecule has 0 fully saturated rings. The molecule has 210 valence electrons. The second-order valence-electron chi connectivity index (χ2n) is 9.71. The number of aryl methyl sites for hydroxylation is 1. The fourth-order valence-electron chi connectivity index (χ4n) is 4.66. The molecule has 4 aromatic carbocycles. The van der Waals surface area contributed by atoms with Crippen LogP contribution in [0.4, 0.5) is 4.39 Å². The molecule has 0 saturated carbocycles. The molecule has 1 amide bonds. The van der Waals surface area contributed by atoms with E-state index in [0.717, 1.165) is 43.8 Å². The topological polar surface area (TPSA) is 55.6 Å². The number of nitrogens with one attached hydrogen (secondary N) is 1. The molecular weight excluding hydrogens is 593 g/mol. The molecule has 1 N–H and O–H groups in total. The van der Waals surface area contributed by atoms with Crippen molar-refractivity contribution in [2.45, 2.75) is 20.0 Å². The number of rotatable bonds is 10. The highest BCUT2D eigenvalue weighted by Gasteiger charge is 2.12. The smallest absolute Gasteiger partial charge is 0.271 e. The Morgan fingerprint density at radius 3 is 2.45 bits per heavy atom. The number of carbonyl (C=O) groups is 1. The largest absolute Gasteiger partial charge is 0.487 e. The Morgan fingerprint density at radius 2 is 1.74 bits per heavy atom. The molecule has 5 aromatic rings. The summed E-state index contributed by atoms with van der Waals surface area (Å²) in [6, 6.07) is 31.8. The van der Waals surface area contributed by atoms with Gasteiger partial charge in [0, 0.05) is 16.9 Å². The number of benzene rings is 4. The first kappa shape index (κ1) is 28.8. The summed E-state index contributed by atoms with van der Waals surface area (Å²) in [7, 11) is 0. The predicted octanol–water partition coefficient (Wildman–Crippen LogP) is 8.43. The normalized spacial score (nSPS) is 11.0. The molecule has 0 radical (unpaired) electrons. The van der Waals surface area contributed by atoms with Gasteiger partial charge in [-0.2, -0.15) is 5.10 Å². The minimum absolute atomic E-state index is 0.288. The number of hydrazone groups is 1. The van der Waals surface area contributed by atoms with E-state index in [9.17, 15) is 9.18 Å². The Bertz CT molecular complexity index is 1730. The van der Waals surface area contributed by atoms with Gasteiger partial charge in [-0.25, -0.2) is 9.82 Å². The first-order valence-electron chi connectivity index (χ1n) is 13.4. The van der Waals surface area contributed by atoms with Crippen molar-refractivity contribution in [1.29, 1.82) is 0 Å². The molecule has 0 aliphatic rings. The second-order valence-corrected chi connectivity index (χ2v) is 10.6. The highest BCUT2D eigenvalue weighted by molar-refractivity contribution is 9.10. The van der Waals surface area contributed by atoms with Crippen molar-refractivity contribution < 1.29 is 13.9 Å². The Hall–Kier alpha value is -4.75. The number of amides is 1. The van der Waals surface area contributed by atoms with Crippen LogP contribution in [0.1, 0.15) is 32.7 Å². The van der Waals surface area contributed by atoms with Crippen LogP contribution in [0, 0.1) is 12.7 Å². The van der Waals surface area contributed by atoms with E-state index in [1.165, 1.54) is 12.1 Å².